The Morgan fingerprint density at radius 2 is 1.81 bits per heavy atom. The van der Waals surface area contributed by atoms with Crippen molar-refractivity contribution in [2.24, 2.45) is 11.7 Å². The molecule has 1 aliphatic carbocycles. The Bertz CT molecular complexity index is 512. The lowest BCUT2D eigenvalue weighted by Gasteiger charge is -2.22. The van der Waals surface area contributed by atoms with Gasteiger partial charge in [0.05, 0.1) is 0 Å². The molecule has 0 spiro atoms. The van der Waals surface area contributed by atoms with Crippen LogP contribution in [0.25, 0.3) is 0 Å². The van der Waals surface area contributed by atoms with Crippen molar-refractivity contribution in [3.63, 3.8) is 0 Å². The smallest absolute Gasteiger partial charge is 0.0319 e. The molecular formula is C21H37N3OS. The second-order valence-corrected chi connectivity index (χ2v) is 7.68. The standard InChI is InChI=1S/C13H23N3S.C7H10.CH4O/c1-11(2)10-16(9-3-8-14)17-13-6-4-12(15)5-7-13;1-7-5-3-2-4-6-7;1-2/h4-7,11H,3,8-10,14-15H2,1-2H3;3,5-6H,2,4H2,1H3;2H,1H3. The largest absolute Gasteiger partial charge is 0.400 e. The Balaban J connectivity index is 0.000000575. The van der Waals surface area contributed by atoms with Crippen LogP contribution in [-0.4, -0.2) is 36.2 Å². The van der Waals surface area contributed by atoms with Crippen molar-refractivity contribution in [3.8, 4) is 0 Å². The minimum absolute atomic E-state index is 0.661. The molecule has 0 radical (unpaired) electrons. The first-order chi connectivity index (χ1) is 12.5. The molecule has 0 bridgehead atoms. The number of hydrogen-bond donors (Lipinski definition) is 3. The number of benzene rings is 1. The van der Waals surface area contributed by atoms with Gasteiger partial charge in [-0.3, -0.25) is 0 Å². The van der Waals surface area contributed by atoms with Gasteiger partial charge in [0.2, 0.25) is 0 Å². The zero-order valence-electron chi connectivity index (χ0n) is 16.8. The Morgan fingerprint density at radius 3 is 2.23 bits per heavy atom. The van der Waals surface area contributed by atoms with Gasteiger partial charge < -0.3 is 16.6 Å². The van der Waals surface area contributed by atoms with Crippen LogP contribution in [0, 0.1) is 5.92 Å². The first-order valence-corrected chi connectivity index (χ1v) is 10.0. The predicted molar refractivity (Wildman–Crippen MR) is 117 cm³/mol. The fourth-order valence-corrected chi connectivity index (χ4v) is 3.42. The van der Waals surface area contributed by atoms with Crippen molar-refractivity contribution in [2.45, 2.75) is 44.9 Å². The lowest BCUT2D eigenvalue weighted by molar-refractivity contribution is 0.399. The van der Waals surface area contributed by atoms with Gasteiger partial charge in [-0.25, -0.2) is 4.31 Å². The maximum absolute atomic E-state index is 7.00. The van der Waals surface area contributed by atoms with Gasteiger partial charge in [0, 0.05) is 30.8 Å². The van der Waals surface area contributed by atoms with Crippen LogP contribution in [0.3, 0.4) is 0 Å². The summed E-state index contributed by atoms with van der Waals surface area (Å²) in [4.78, 5) is 1.23. The molecule has 5 heteroatoms. The van der Waals surface area contributed by atoms with E-state index in [0.717, 1.165) is 38.9 Å². The van der Waals surface area contributed by atoms with E-state index in [0.29, 0.717) is 5.92 Å². The SMILES string of the molecule is CC(C)CN(CCCN)Sc1ccc(N)cc1.CC1=CCCC=C1.CO. The molecular weight excluding hydrogens is 342 g/mol. The Hall–Kier alpha value is -1.27. The Morgan fingerprint density at radius 1 is 1.15 bits per heavy atom. The van der Waals surface area contributed by atoms with E-state index in [2.05, 4.69) is 55.4 Å². The summed E-state index contributed by atoms with van der Waals surface area (Å²) in [5, 5.41) is 7.00. The Labute approximate surface area is 164 Å². The number of aliphatic hydroxyl groups excluding tert-OH is 1. The van der Waals surface area contributed by atoms with Gasteiger partial charge in [0.1, 0.15) is 0 Å². The molecule has 0 atom stereocenters. The molecule has 4 nitrogen and oxygen atoms in total. The van der Waals surface area contributed by atoms with Crippen molar-refractivity contribution in [3.05, 3.63) is 48.1 Å². The van der Waals surface area contributed by atoms with Crippen LogP contribution < -0.4 is 11.5 Å². The van der Waals surface area contributed by atoms with Crippen LogP contribution in [0.4, 0.5) is 5.69 Å². The molecule has 1 aliphatic rings. The lowest BCUT2D eigenvalue weighted by atomic mass is 10.1. The average molecular weight is 380 g/mol. The number of rotatable bonds is 7. The fraction of sp³-hybridized carbons (Fsp3) is 0.524. The minimum Gasteiger partial charge on any atom is -0.400 e. The van der Waals surface area contributed by atoms with Crippen LogP contribution in [0.5, 0.6) is 0 Å². The highest BCUT2D eigenvalue weighted by molar-refractivity contribution is 7.97. The van der Waals surface area contributed by atoms with Crippen molar-refractivity contribution in [1.82, 2.24) is 4.31 Å². The van der Waals surface area contributed by atoms with E-state index < -0.39 is 0 Å². The van der Waals surface area contributed by atoms with Crippen LogP contribution in [0.1, 0.15) is 40.0 Å². The molecule has 0 saturated heterocycles. The molecule has 0 saturated carbocycles. The highest BCUT2D eigenvalue weighted by atomic mass is 32.2. The molecule has 0 aliphatic heterocycles. The molecule has 0 unspecified atom stereocenters. The molecule has 0 heterocycles. The third-order valence-corrected chi connectivity index (χ3v) is 4.55. The van der Waals surface area contributed by atoms with Gasteiger partial charge in [-0.15, -0.1) is 0 Å². The molecule has 5 N–H and O–H groups in total. The van der Waals surface area contributed by atoms with Crippen molar-refractivity contribution < 1.29 is 5.11 Å². The molecule has 0 amide bonds. The summed E-state index contributed by atoms with van der Waals surface area (Å²) < 4.78 is 2.38. The number of nitrogens with two attached hydrogens (primary N) is 2. The van der Waals surface area contributed by atoms with Gasteiger partial charge in [0.25, 0.3) is 0 Å². The van der Waals surface area contributed by atoms with Crippen molar-refractivity contribution in [1.29, 1.82) is 0 Å². The average Bonchev–Trinajstić information content (AvgIpc) is 2.64. The van der Waals surface area contributed by atoms with Gasteiger partial charge in [-0.05, 0) is 74.9 Å². The number of hydrogen-bond acceptors (Lipinski definition) is 5. The van der Waals surface area contributed by atoms with Gasteiger partial charge in [-0.2, -0.15) is 0 Å². The molecule has 148 valence electrons. The van der Waals surface area contributed by atoms with E-state index in [9.17, 15) is 0 Å². The fourth-order valence-electron chi connectivity index (χ4n) is 2.27. The van der Waals surface area contributed by atoms with Crippen molar-refractivity contribution in [2.75, 3.05) is 32.5 Å². The van der Waals surface area contributed by atoms with E-state index in [1.807, 2.05) is 12.1 Å². The summed E-state index contributed by atoms with van der Waals surface area (Å²) in [5.74, 6) is 0.661. The molecule has 0 fully saturated rings. The van der Waals surface area contributed by atoms with Crippen molar-refractivity contribution >= 4 is 17.6 Å². The lowest BCUT2D eigenvalue weighted by Crippen LogP contribution is -2.23. The zero-order valence-corrected chi connectivity index (χ0v) is 17.6. The first-order valence-electron chi connectivity index (χ1n) is 9.27. The summed E-state index contributed by atoms with van der Waals surface area (Å²) in [5.41, 5.74) is 13.5. The summed E-state index contributed by atoms with van der Waals surface area (Å²) in [7, 11) is 1.00. The topological polar surface area (TPSA) is 75.5 Å². The molecule has 1 aromatic carbocycles. The molecule has 0 aromatic heterocycles. The quantitative estimate of drug-likeness (QED) is 0.481. The maximum Gasteiger partial charge on any atom is 0.0319 e. The summed E-state index contributed by atoms with van der Waals surface area (Å²) >= 11 is 1.79. The second kappa shape index (κ2) is 15.9. The van der Waals surface area contributed by atoms with Gasteiger partial charge >= 0.3 is 0 Å². The summed E-state index contributed by atoms with van der Waals surface area (Å²) in [6, 6.07) is 8.02. The van der Waals surface area contributed by atoms with E-state index in [4.69, 9.17) is 16.6 Å². The van der Waals surface area contributed by atoms with Crippen LogP contribution in [-0.2, 0) is 0 Å². The molecule has 2 rings (SSSR count). The normalized spacial score (nSPS) is 12.8. The monoisotopic (exact) mass is 379 g/mol. The number of anilines is 1. The van der Waals surface area contributed by atoms with Crippen LogP contribution in [0.2, 0.25) is 0 Å². The predicted octanol–water partition coefficient (Wildman–Crippen LogP) is 4.47. The number of aliphatic hydroxyl groups is 1. The third-order valence-electron chi connectivity index (χ3n) is 3.48. The van der Waals surface area contributed by atoms with Gasteiger partial charge in [-0.1, -0.05) is 37.6 Å². The third kappa shape index (κ3) is 13.0. The number of allylic oxidation sites excluding steroid dienone is 4. The minimum atomic E-state index is 0.661. The molecule has 26 heavy (non-hydrogen) atoms. The number of nitrogen functional groups attached to an aromatic ring is 1. The number of nitrogens with zero attached hydrogens (tertiary/aromatic N) is 1. The summed E-state index contributed by atoms with van der Waals surface area (Å²) in [6.45, 7) is 9.46. The summed E-state index contributed by atoms with van der Waals surface area (Å²) in [6.07, 6.45) is 10.2. The van der Waals surface area contributed by atoms with Crippen LogP contribution >= 0.6 is 11.9 Å². The molecule has 1 aromatic rings. The first kappa shape index (κ1) is 24.7. The van der Waals surface area contributed by atoms with E-state index in [1.54, 1.807) is 11.9 Å². The Kier molecular flexibility index (Phi) is 15.2. The van der Waals surface area contributed by atoms with E-state index in [1.165, 1.54) is 23.3 Å². The highest BCUT2D eigenvalue weighted by Gasteiger charge is 2.08. The van der Waals surface area contributed by atoms with Crippen LogP contribution in [0.15, 0.2) is 53.0 Å². The van der Waals surface area contributed by atoms with Gasteiger partial charge in [0.15, 0.2) is 0 Å². The maximum atomic E-state index is 7.00. The zero-order chi connectivity index (χ0) is 19.8. The highest BCUT2D eigenvalue weighted by Crippen LogP contribution is 2.24. The van der Waals surface area contributed by atoms with E-state index >= 15 is 0 Å². The second-order valence-electron chi connectivity index (χ2n) is 6.51. The van der Waals surface area contributed by atoms with E-state index in [-0.39, 0.29) is 0 Å².